The highest BCUT2D eigenvalue weighted by Gasteiger charge is 2.30. The molecular weight excluding hydrogens is 359 g/mol. The standard InChI is InChI=1S/C16H20F3NO4S/c1-4-13-7-8-15(23-3)14(11-13)20(5-2)9-6-10-25(21,22)24-12-16(17,18)19/h1,7-8,11H,5-6,9-10,12H2,2-3H3. The first-order chi connectivity index (χ1) is 11.6. The number of alkyl halides is 3. The van der Waals surface area contributed by atoms with Crippen LogP contribution >= 0.6 is 0 Å². The SMILES string of the molecule is C#Cc1ccc(OC)c(N(CC)CCCS(=O)(=O)OCC(F)(F)F)c1. The smallest absolute Gasteiger partial charge is 0.413 e. The maximum Gasteiger partial charge on any atom is 0.413 e. The van der Waals surface area contributed by atoms with Crippen molar-refractivity contribution in [3.05, 3.63) is 23.8 Å². The van der Waals surface area contributed by atoms with Gasteiger partial charge in [-0.3, -0.25) is 4.18 Å². The quantitative estimate of drug-likeness (QED) is 0.488. The first kappa shape index (κ1) is 21.1. The van der Waals surface area contributed by atoms with Crippen LogP contribution in [0.15, 0.2) is 18.2 Å². The second-order valence-electron chi connectivity index (χ2n) is 5.10. The van der Waals surface area contributed by atoms with Gasteiger partial charge in [0.05, 0.1) is 18.6 Å². The van der Waals surface area contributed by atoms with Gasteiger partial charge in [0.25, 0.3) is 10.1 Å². The number of terminal acetylenes is 1. The third-order valence-corrected chi connectivity index (χ3v) is 4.56. The molecule has 0 aromatic heterocycles. The first-order valence-electron chi connectivity index (χ1n) is 7.45. The van der Waals surface area contributed by atoms with Gasteiger partial charge in [-0.05, 0) is 31.5 Å². The summed E-state index contributed by atoms with van der Waals surface area (Å²) < 4.78 is 68.4. The van der Waals surface area contributed by atoms with Crippen molar-refractivity contribution < 1.29 is 30.5 Å². The zero-order chi connectivity index (χ0) is 19.1. The van der Waals surface area contributed by atoms with Crippen molar-refractivity contribution in [2.75, 3.05) is 37.5 Å². The first-order valence-corrected chi connectivity index (χ1v) is 9.03. The second kappa shape index (κ2) is 8.97. The van der Waals surface area contributed by atoms with E-state index in [4.69, 9.17) is 11.2 Å². The zero-order valence-corrected chi connectivity index (χ0v) is 14.8. The van der Waals surface area contributed by atoms with Crippen molar-refractivity contribution >= 4 is 15.8 Å². The summed E-state index contributed by atoms with van der Waals surface area (Å²) in [6.07, 6.45) is 0.786. The van der Waals surface area contributed by atoms with Crippen molar-refractivity contribution in [1.82, 2.24) is 0 Å². The highest BCUT2D eigenvalue weighted by atomic mass is 32.2. The lowest BCUT2D eigenvalue weighted by Gasteiger charge is -2.25. The third kappa shape index (κ3) is 7.23. The van der Waals surface area contributed by atoms with E-state index in [1.807, 2.05) is 11.8 Å². The Balaban J connectivity index is 2.73. The van der Waals surface area contributed by atoms with Crippen LogP contribution < -0.4 is 9.64 Å². The van der Waals surface area contributed by atoms with Crippen LogP contribution in [-0.2, 0) is 14.3 Å². The van der Waals surface area contributed by atoms with Crippen LogP contribution in [0.1, 0.15) is 18.9 Å². The topological polar surface area (TPSA) is 55.8 Å². The molecule has 0 aliphatic carbocycles. The van der Waals surface area contributed by atoms with Crippen LogP contribution in [0.4, 0.5) is 18.9 Å². The summed E-state index contributed by atoms with van der Waals surface area (Å²) in [6.45, 7) is 0.866. The Bertz CT molecular complexity index is 711. The van der Waals surface area contributed by atoms with Crippen LogP contribution in [0.3, 0.4) is 0 Å². The molecule has 0 saturated carbocycles. The molecule has 0 unspecified atom stereocenters. The molecule has 0 radical (unpaired) electrons. The van der Waals surface area contributed by atoms with E-state index in [1.54, 1.807) is 18.2 Å². The largest absolute Gasteiger partial charge is 0.495 e. The molecule has 0 N–H and O–H groups in total. The van der Waals surface area contributed by atoms with E-state index in [-0.39, 0.29) is 13.0 Å². The molecule has 9 heteroatoms. The predicted octanol–water partition coefficient (Wildman–Crippen LogP) is 2.80. The van der Waals surface area contributed by atoms with Crippen LogP contribution in [0, 0.1) is 12.3 Å². The van der Waals surface area contributed by atoms with Crippen molar-refractivity contribution in [2.45, 2.75) is 19.5 Å². The van der Waals surface area contributed by atoms with E-state index >= 15 is 0 Å². The summed E-state index contributed by atoms with van der Waals surface area (Å²) in [5.74, 6) is 2.55. The van der Waals surface area contributed by atoms with Crippen LogP contribution in [0.2, 0.25) is 0 Å². The predicted molar refractivity (Wildman–Crippen MR) is 89.2 cm³/mol. The lowest BCUT2D eigenvalue weighted by molar-refractivity contribution is -0.152. The van der Waals surface area contributed by atoms with E-state index in [2.05, 4.69) is 10.1 Å². The van der Waals surface area contributed by atoms with Crippen molar-refractivity contribution in [3.63, 3.8) is 0 Å². The van der Waals surface area contributed by atoms with Crippen molar-refractivity contribution in [3.8, 4) is 18.1 Å². The van der Waals surface area contributed by atoms with Crippen molar-refractivity contribution in [2.24, 2.45) is 0 Å². The molecule has 0 aliphatic rings. The van der Waals surface area contributed by atoms with Crippen LogP contribution in [0.25, 0.3) is 0 Å². The Morgan fingerprint density at radius 1 is 1.32 bits per heavy atom. The molecule has 0 saturated heterocycles. The van der Waals surface area contributed by atoms with E-state index < -0.39 is 28.7 Å². The maximum absolute atomic E-state index is 12.0. The van der Waals surface area contributed by atoms with E-state index in [0.29, 0.717) is 23.5 Å². The Kier molecular flexibility index (Phi) is 7.58. The second-order valence-corrected chi connectivity index (χ2v) is 6.86. The monoisotopic (exact) mass is 379 g/mol. The van der Waals surface area contributed by atoms with Gasteiger partial charge in [0.2, 0.25) is 0 Å². The Labute approximate surface area is 145 Å². The normalized spacial score (nSPS) is 11.8. The molecule has 0 bridgehead atoms. The number of hydrogen-bond donors (Lipinski definition) is 0. The highest BCUT2D eigenvalue weighted by molar-refractivity contribution is 7.86. The van der Waals surface area contributed by atoms with Gasteiger partial charge >= 0.3 is 6.18 Å². The molecular formula is C16H20F3NO4S. The molecule has 140 valence electrons. The number of ether oxygens (including phenoxy) is 1. The van der Waals surface area contributed by atoms with E-state index in [1.165, 1.54) is 7.11 Å². The Morgan fingerprint density at radius 2 is 2.00 bits per heavy atom. The summed E-state index contributed by atoms with van der Waals surface area (Å²) in [5, 5.41) is 0. The zero-order valence-electron chi connectivity index (χ0n) is 14.0. The summed E-state index contributed by atoms with van der Waals surface area (Å²) in [5.41, 5.74) is 1.32. The van der Waals surface area contributed by atoms with Gasteiger partial charge in [0.15, 0.2) is 6.61 Å². The van der Waals surface area contributed by atoms with Crippen LogP contribution in [0.5, 0.6) is 5.75 Å². The van der Waals surface area contributed by atoms with Gasteiger partial charge in [-0.2, -0.15) is 21.6 Å². The minimum Gasteiger partial charge on any atom is -0.495 e. The minimum absolute atomic E-state index is 0.0947. The molecule has 1 aromatic carbocycles. The maximum atomic E-state index is 12.0. The summed E-state index contributed by atoms with van der Waals surface area (Å²) in [6, 6.07) is 5.15. The van der Waals surface area contributed by atoms with E-state index in [9.17, 15) is 21.6 Å². The van der Waals surface area contributed by atoms with Gasteiger partial charge in [0, 0.05) is 18.7 Å². The average Bonchev–Trinajstić information content (AvgIpc) is 2.56. The molecule has 25 heavy (non-hydrogen) atoms. The van der Waals surface area contributed by atoms with Gasteiger partial charge < -0.3 is 9.64 Å². The summed E-state index contributed by atoms with van der Waals surface area (Å²) in [7, 11) is -2.74. The molecule has 0 heterocycles. The third-order valence-electron chi connectivity index (χ3n) is 3.29. The number of hydrogen-bond acceptors (Lipinski definition) is 5. The fraction of sp³-hybridized carbons (Fsp3) is 0.500. The number of benzene rings is 1. The Hall–Kier alpha value is -1.92. The fourth-order valence-corrected chi connectivity index (χ4v) is 3.04. The number of halogens is 3. The molecule has 0 atom stereocenters. The molecule has 5 nitrogen and oxygen atoms in total. The van der Waals surface area contributed by atoms with E-state index in [0.717, 1.165) is 0 Å². The molecule has 1 aromatic rings. The van der Waals surface area contributed by atoms with Gasteiger partial charge in [0.1, 0.15) is 5.75 Å². The number of nitrogens with zero attached hydrogens (tertiary/aromatic N) is 1. The highest BCUT2D eigenvalue weighted by Crippen LogP contribution is 2.29. The van der Waals surface area contributed by atoms with Gasteiger partial charge in [-0.25, -0.2) is 0 Å². The number of anilines is 1. The number of methoxy groups -OCH3 is 1. The van der Waals surface area contributed by atoms with Gasteiger partial charge in [-0.1, -0.05) is 5.92 Å². The number of rotatable bonds is 9. The molecule has 0 aliphatic heterocycles. The lowest BCUT2D eigenvalue weighted by atomic mass is 10.1. The minimum atomic E-state index is -4.69. The van der Waals surface area contributed by atoms with Crippen molar-refractivity contribution in [1.29, 1.82) is 0 Å². The average molecular weight is 379 g/mol. The Morgan fingerprint density at radius 3 is 2.52 bits per heavy atom. The molecule has 1 rings (SSSR count). The summed E-state index contributed by atoms with van der Waals surface area (Å²) in [4.78, 5) is 1.83. The van der Waals surface area contributed by atoms with Gasteiger partial charge in [-0.15, -0.1) is 6.42 Å². The molecule has 0 amide bonds. The fourth-order valence-electron chi connectivity index (χ4n) is 2.12. The summed E-state index contributed by atoms with van der Waals surface area (Å²) >= 11 is 0. The molecule has 0 fully saturated rings. The lowest BCUT2D eigenvalue weighted by Crippen LogP contribution is -2.27. The molecule has 0 spiro atoms. The van der Waals surface area contributed by atoms with Crippen LogP contribution in [-0.4, -0.2) is 47.2 Å².